The van der Waals surface area contributed by atoms with Crippen molar-refractivity contribution in [2.75, 3.05) is 18.5 Å². The molecule has 3 N–H and O–H groups in total. The van der Waals surface area contributed by atoms with Crippen LogP contribution in [-0.4, -0.2) is 31.3 Å². The van der Waals surface area contributed by atoms with Crippen LogP contribution in [0.15, 0.2) is 53.6 Å². The van der Waals surface area contributed by atoms with Crippen LogP contribution in [0.3, 0.4) is 0 Å². The lowest BCUT2D eigenvalue weighted by Gasteiger charge is -2.07. The summed E-state index contributed by atoms with van der Waals surface area (Å²) in [4.78, 5) is 23.5. The molecular weight excluding hydrogens is 380 g/mol. The maximum atomic E-state index is 11.8. The second-order valence-corrected chi connectivity index (χ2v) is 6.32. The minimum Gasteiger partial charge on any atom is -0.494 e. The quantitative estimate of drug-likeness (QED) is 0.338. The van der Waals surface area contributed by atoms with Crippen molar-refractivity contribution in [1.82, 2.24) is 10.7 Å². The Morgan fingerprint density at radius 3 is 2.68 bits per heavy atom. The van der Waals surface area contributed by atoms with Crippen LogP contribution in [0.1, 0.15) is 25.3 Å². The Labute approximate surface area is 169 Å². The van der Waals surface area contributed by atoms with Crippen molar-refractivity contribution in [3.8, 4) is 5.75 Å². The van der Waals surface area contributed by atoms with E-state index in [2.05, 4.69) is 28.1 Å². The topological polar surface area (TPSA) is 91.8 Å². The van der Waals surface area contributed by atoms with Gasteiger partial charge in [0, 0.05) is 10.7 Å². The Balaban J connectivity index is 1.69. The molecule has 0 radical (unpaired) electrons. The lowest BCUT2D eigenvalue weighted by Crippen LogP contribution is -2.37. The zero-order valence-electron chi connectivity index (χ0n) is 15.6. The molecule has 0 fully saturated rings. The Morgan fingerprint density at radius 1 is 1.18 bits per heavy atom. The van der Waals surface area contributed by atoms with Crippen molar-refractivity contribution in [2.45, 2.75) is 19.8 Å². The first-order valence-corrected chi connectivity index (χ1v) is 9.30. The van der Waals surface area contributed by atoms with Crippen molar-refractivity contribution in [2.24, 2.45) is 5.10 Å². The number of rotatable bonds is 9. The second-order valence-electron chi connectivity index (χ2n) is 5.88. The molecule has 0 atom stereocenters. The molecule has 0 aromatic heterocycles. The monoisotopic (exact) mass is 402 g/mol. The molecule has 2 rings (SSSR count). The summed E-state index contributed by atoms with van der Waals surface area (Å²) in [5, 5.41) is 9.38. The van der Waals surface area contributed by atoms with Gasteiger partial charge in [0.1, 0.15) is 12.3 Å². The fourth-order valence-electron chi connectivity index (χ4n) is 2.10. The second kappa shape index (κ2) is 11.6. The third-order valence-electron chi connectivity index (χ3n) is 3.54. The predicted octanol–water partition coefficient (Wildman–Crippen LogP) is 3.79. The molecule has 2 aromatic rings. The highest BCUT2D eigenvalue weighted by Crippen LogP contribution is 2.14. The number of ether oxygens (including phenoxy) is 1. The summed E-state index contributed by atoms with van der Waals surface area (Å²) in [5.41, 5.74) is 3.70. The van der Waals surface area contributed by atoms with Crippen LogP contribution >= 0.6 is 11.6 Å². The van der Waals surface area contributed by atoms with E-state index in [0.29, 0.717) is 17.3 Å². The standard InChI is InChI=1S/C20H23ClN4O3/c1-2-3-11-28-18-9-7-15(8-10-18)13-23-25-19(26)14-22-20(27)24-17-6-4-5-16(21)12-17/h4-10,12-13H,2-3,11,14H2,1H3,(H,25,26)(H2,22,24,27). The predicted molar refractivity (Wildman–Crippen MR) is 111 cm³/mol. The number of halogens is 1. The fourth-order valence-corrected chi connectivity index (χ4v) is 2.30. The van der Waals surface area contributed by atoms with E-state index < -0.39 is 11.9 Å². The van der Waals surface area contributed by atoms with Crippen LogP contribution < -0.4 is 20.8 Å². The van der Waals surface area contributed by atoms with Gasteiger partial charge in [0.25, 0.3) is 5.91 Å². The van der Waals surface area contributed by atoms with Crippen LogP contribution in [-0.2, 0) is 4.79 Å². The molecule has 0 heterocycles. The van der Waals surface area contributed by atoms with Crippen molar-refractivity contribution >= 4 is 35.4 Å². The Hall–Kier alpha value is -3.06. The molecule has 28 heavy (non-hydrogen) atoms. The summed E-state index contributed by atoms with van der Waals surface area (Å²) in [6.07, 6.45) is 3.61. The summed E-state index contributed by atoms with van der Waals surface area (Å²) in [6.45, 7) is 2.59. The zero-order valence-corrected chi connectivity index (χ0v) is 16.3. The van der Waals surface area contributed by atoms with Gasteiger partial charge in [-0.1, -0.05) is 31.0 Å². The van der Waals surface area contributed by atoms with Gasteiger partial charge in [0.2, 0.25) is 0 Å². The number of hydrazone groups is 1. The van der Waals surface area contributed by atoms with Crippen molar-refractivity contribution < 1.29 is 14.3 Å². The van der Waals surface area contributed by atoms with Crippen LogP contribution in [0.5, 0.6) is 5.75 Å². The van der Waals surface area contributed by atoms with Gasteiger partial charge < -0.3 is 15.4 Å². The van der Waals surface area contributed by atoms with Gasteiger partial charge in [-0.2, -0.15) is 5.10 Å². The number of anilines is 1. The molecule has 0 bridgehead atoms. The lowest BCUT2D eigenvalue weighted by molar-refractivity contribution is -0.120. The third-order valence-corrected chi connectivity index (χ3v) is 3.78. The van der Waals surface area contributed by atoms with E-state index in [0.717, 1.165) is 24.2 Å². The highest BCUT2D eigenvalue weighted by molar-refractivity contribution is 6.30. The molecule has 0 aliphatic carbocycles. The summed E-state index contributed by atoms with van der Waals surface area (Å²) >= 11 is 5.84. The SMILES string of the molecule is CCCCOc1ccc(C=NNC(=O)CNC(=O)Nc2cccc(Cl)c2)cc1. The van der Waals surface area contributed by atoms with E-state index in [1.165, 1.54) is 6.21 Å². The van der Waals surface area contributed by atoms with Gasteiger partial charge >= 0.3 is 6.03 Å². The molecular formula is C20H23ClN4O3. The maximum absolute atomic E-state index is 11.8. The first kappa shape index (κ1) is 21.2. The Morgan fingerprint density at radius 2 is 1.96 bits per heavy atom. The molecule has 0 saturated carbocycles. The van der Waals surface area contributed by atoms with E-state index in [1.807, 2.05) is 24.3 Å². The van der Waals surface area contributed by atoms with Crippen LogP contribution in [0, 0.1) is 0 Å². The van der Waals surface area contributed by atoms with Gasteiger partial charge in [0.05, 0.1) is 12.8 Å². The number of nitrogens with zero attached hydrogens (tertiary/aromatic N) is 1. The molecule has 0 saturated heterocycles. The minimum atomic E-state index is -0.514. The summed E-state index contributed by atoms with van der Waals surface area (Å²) < 4.78 is 5.58. The number of hydrogen-bond acceptors (Lipinski definition) is 4. The van der Waals surface area contributed by atoms with Gasteiger partial charge in [-0.3, -0.25) is 4.79 Å². The number of nitrogens with one attached hydrogen (secondary N) is 3. The normalized spacial score (nSPS) is 10.5. The minimum absolute atomic E-state index is 0.214. The average Bonchev–Trinajstić information content (AvgIpc) is 2.68. The number of unbranched alkanes of at least 4 members (excludes halogenated alkanes) is 1. The number of carbonyl (C=O) groups excluding carboxylic acids is 2. The summed E-state index contributed by atoms with van der Waals surface area (Å²) in [6, 6.07) is 13.6. The van der Waals surface area contributed by atoms with Gasteiger partial charge in [0.15, 0.2) is 0 Å². The molecule has 3 amide bonds. The van der Waals surface area contributed by atoms with Crippen LogP contribution in [0.25, 0.3) is 0 Å². The number of carbonyl (C=O) groups is 2. The molecule has 0 aliphatic heterocycles. The maximum Gasteiger partial charge on any atom is 0.319 e. The van der Waals surface area contributed by atoms with Crippen molar-refractivity contribution in [1.29, 1.82) is 0 Å². The lowest BCUT2D eigenvalue weighted by atomic mass is 10.2. The van der Waals surface area contributed by atoms with E-state index in [9.17, 15) is 9.59 Å². The number of benzene rings is 2. The first-order valence-electron chi connectivity index (χ1n) is 8.92. The third kappa shape index (κ3) is 8.09. The molecule has 7 nitrogen and oxygen atoms in total. The van der Waals surface area contributed by atoms with E-state index >= 15 is 0 Å². The number of urea groups is 1. The highest BCUT2D eigenvalue weighted by Gasteiger charge is 2.05. The molecule has 2 aromatic carbocycles. The Kier molecular flexibility index (Phi) is 8.81. The first-order chi connectivity index (χ1) is 13.6. The molecule has 148 valence electrons. The summed E-state index contributed by atoms with van der Waals surface area (Å²) in [5.74, 6) is 0.349. The molecule has 0 aliphatic rings. The van der Waals surface area contributed by atoms with Gasteiger partial charge in [-0.05, 0) is 54.4 Å². The highest BCUT2D eigenvalue weighted by atomic mass is 35.5. The van der Waals surface area contributed by atoms with Crippen LogP contribution in [0.2, 0.25) is 5.02 Å². The number of amides is 3. The number of hydrogen-bond donors (Lipinski definition) is 3. The molecule has 0 unspecified atom stereocenters. The van der Waals surface area contributed by atoms with E-state index in [1.54, 1.807) is 24.3 Å². The smallest absolute Gasteiger partial charge is 0.319 e. The van der Waals surface area contributed by atoms with Crippen molar-refractivity contribution in [3.05, 3.63) is 59.1 Å². The average molecular weight is 403 g/mol. The van der Waals surface area contributed by atoms with Gasteiger partial charge in [-0.25, -0.2) is 10.2 Å². The fraction of sp³-hybridized carbons (Fsp3) is 0.250. The van der Waals surface area contributed by atoms with E-state index in [-0.39, 0.29) is 6.54 Å². The zero-order chi connectivity index (χ0) is 20.2. The van der Waals surface area contributed by atoms with Crippen molar-refractivity contribution in [3.63, 3.8) is 0 Å². The Bertz CT molecular complexity index is 809. The van der Waals surface area contributed by atoms with E-state index in [4.69, 9.17) is 16.3 Å². The summed E-state index contributed by atoms with van der Waals surface area (Å²) in [7, 11) is 0. The molecule has 8 heteroatoms. The van der Waals surface area contributed by atoms with Gasteiger partial charge in [-0.15, -0.1) is 0 Å². The van der Waals surface area contributed by atoms with Crippen LogP contribution in [0.4, 0.5) is 10.5 Å². The largest absolute Gasteiger partial charge is 0.494 e. The molecule has 0 spiro atoms.